The van der Waals surface area contributed by atoms with Gasteiger partial charge >= 0.3 is 0 Å². The predicted octanol–water partition coefficient (Wildman–Crippen LogP) is 1.80. The highest BCUT2D eigenvalue weighted by Gasteiger charge is 2.02. The average Bonchev–Trinajstić information content (AvgIpc) is 2.26. The second kappa shape index (κ2) is 6.33. The van der Waals surface area contributed by atoms with E-state index in [4.69, 9.17) is 0 Å². The Labute approximate surface area is 85.3 Å². The van der Waals surface area contributed by atoms with E-state index in [2.05, 4.69) is 17.4 Å². The number of hydrogen-bond donors (Lipinski definition) is 1. The van der Waals surface area contributed by atoms with Crippen LogP contribution in [0.2, 0.25) is 0 Å². The highest BCUT2D eigenvalue weighted by atomic mass is 16.1. The molecule has 1 aromatic carbocycles. The van der Waals surface area contributed by atoms with E-state index in [1.165, 1.54) is 5.56 Å². The first-order valence-electron chi connectivity index (χ1n) is 5.03. The molecule has 14 heavy (non-hydrogen) atoms. The summed E-state index contributed by atoms with van der Waals surface area (Å²) in [5.41, 5.74) is 1.34. The van der Waals surface area contributed by atoms with Gasteiger partial charge in [-0.25, -0.2) is 0 Å². The molecule has 2 nitrogen and oxygen atoms in total. The molecule has 0 aliphatic rings. The van der Waals surface area contributed by atoms with Crippen molar-refractivity contribution in [3.8, 4) is 0 Å². The molecule has 0 spiro atoms. The quantitative estimate of drug-likeness (QED) is 0.695. The second-order valence-corrected chi connectivity index (χ2v) is 3.41. The summed E-state index contributed by atoms with van der Waals surface area (Å²) in [6.45, 7) is 0. The van der Waals surface area contributed by atoms with Gasteiger partial charge in [0.05, 0.1) is 6.04 Å². The van der Waals surface area contributed by atoms with Gasteiger partial charge in [0.15, 0.2) is 0 Å². The molecular formula is C12H17NO. The molecule has 0 aliphatic heterocycles. The number of aldehydes is 1. The van der Waals surface area contributed by atoms with Crippen molar-refractivity contribution in [1.29, 1.82) is 0 Å². The summed E-state index contributed by atoms with van der Waals surface area (Å²) in [6, 6.07) is 10.4. The van der Waals surface area contributed by atoms with Gasteiger partial charge in [0, 0.05) is 0 Å². The third-order valence-corrected chi connectivity index (χ3v) is 2.36. The number of benzene rings is 1. The van der Waals surface area contributed by atoms with Crippen molar-refractivity contribution in [2.24, 2.45) is 0 Å². The Kier molecular flexibility index (Phi) is 4.94. The molecule has 0 heterocycles. The molecule has 1 N–H and O–H groups in total. The Bertz CT molecular complexity index is 258. The minimum Gasteiger partial charge on any atom is -0.311 e. The number of likely N-dealkylation sites (N-methyl/N-ethyl adjacent to an activating group) is 1. The molecule has 0 amide bonds. The van der Waals surface area contributed by atoms with Crippen LogP contribution in [0.3, 0.4) is 0 Å². The number of carbonyl (C=O) groups excluding carboxylic acids is 1. The molecular weight excluding hydrogens is 174 g/mol. The van der Waals surface area contributed by atoms with Crippen molar-refractivity contribution in [2.75, 3.05) is 7.05 Å². The van der Waals surface area contributed by atoms with Crippen LogP contribution in [0.1, 0.15) is 18.4 Å². The lowest BCUT2D eigenvalue weighted by Gasteiger charge is -2.07. The van der Waals surface area contributed by atoms with Gasteiger partial charge in [0.25, 0.3) is 0 Å². The van der Waals surface area contributed by atoms with E-state index in [-0.39, 0.29) is 6.04 Å². The van der Waals surface area contributed by atoms with Gasteiger partial charge in [0.1, 0.15) is 6.29 Å². The number of hydrogen-bond acceptors (Lipinski definition) is 2. The van der Waals surface area contributed by atoms with Crippen LogP contribution in [0.4, 0.5) is 0 Å². The van der Waals surface area contributed by atoms with Crippen LogP contribution in [0, 0.1) is 0 Å². The zero-order valence-electron chi connectivity index (χ0n) is 8.57. The summed E-state index contributed by atoms with van der Waals surface area (Å²) in [5.74, 6) is 0. The molecule has 0 saturated heterocycles. The lowest BCUT2D eigenvalue weighted by molar-refractivity contribution is -0.109. The SMILES string of the molecule is CNC(C=O)CCCc1ccccc1. The summed E-state index contributed by atoms with van der Waals surface area (Å²) < 4.78 is 0. The summed E-state index contributed by atoms with van der Waals surface area (Å²) in [4.78, 5) is 10.5. The summed E-state index contributed by atoms with van der Waals surface area (Å²) in [7, 11) is 1.82. The molecule has 0 radical (unpaired) electrons. The average molecular weight is 191 g/mol. The maximum Gasteiger partial charge on any atom is 0.136 e. The zero-order valence-corrected chi connectivity index (χ0v) is 8.57. The molecule has 0 saturated carbocycles. The largest absolute Gasteiger partial charge is 0.311 e. The number of aryl methyl sites for hydroxylation is 1. The molecule has 1 aromatic rings. The first kappa shape index (κ1) is 10.9. The number of nitrogens with one attached hydrogen (secondary N) is 1. The fourth-order valence-corrected chi connectivity index (χ4v) is 1.45. The Morgan fingerprint density at radius 1 is 1.36 bits per heavy atom. The Balaban J connectivity index is 2.25. The highest BCUT2D eigenvalue weighted by molar-refractivity contribution is 5.57. The van der Waals surface area contributed by atoms with Crippen LogP contribution >= 0.6 is 0 Å². The monoisotopic (exact) mass is 191 g/mol. The lowest BCUT2D eigenvalue weighted by atomic mass is 10.1. The fourth-order valence-electron chi connectivity index (χ4n) is 1.45. The molecule has 0 aromatic heterocycles. The molecule has 76 valence electrons. The summed E-state index contributed by atoms with van der Waals surface area (Å²) in [6.07, 6.45) is 3.99. The van der Waals surface area contributed by atoms with E-state index in [1.54, 1.807) is 0 Å². The molecule has 0 aliphatic carbocycles. The second-order valence-electron chi connectivity index (χ2n) is 3.41. The van der Waals surface area contributed by atoms with Gasteiger partial charge in [0.2, 0.25) is 0 Å². The maximum atomic E-state index is 10.5. The van der Waals surface area contributed by atoms with E-state index in [0.717, 1.165) is 25.5 Å². The fraction of sp³-hybridized carbons (Fsp3) is 0.417. The lowest BCUT2D eigenvalue weighted by Crippen LogP contribution is -2.26. The van der Waals surface area contributed by atoms with E-state index in [0.29, 0.717) is 0 Å². The molecule has 0 fully saturated rings. The van der Waals surface area contributed by atoms with Crippen LogP contribution in [-0.4, -0.2) is 19.4 Å². The molecule has 2 heteroatoms. The van der Waals surface area contributed by atoms with Crippen molar-refractivity contribution >= 4 is 6.29 Å². The molecule has 0 bridgehead atoms. The van der Waals surface area contributed by atoms with E-state index < -0.39 is 0 Å². The van der Waals surface area contributed by atoms with Gasteiger partial charge in [-0.1, -0.05) is 30.3 Å². The standard InChI is InChI=1S/C12H17NO/c1-13-12(10-14)9-5-8-11-6-3-2-4-7-11/h2-4,6-7,10,12-13H,5,8-9H2,1H3. The van der Waals surface area contributed by atoms with Crippen LogP contribution < -0.4 is 5.32 Å². The van der Waals surface area contributed by atoms with E-state index in [9.17, 15) is 4.79 Å². The zero-order chi connectivity index (χ0) is 10.2. The van der Waals surface area contributed by atoms with Gasteiger partial charge in [-0.2, -0.15) is 0 Å². The topological polar surface area (TPSA) is 29.1 Å². The Morgan fingerprint density at radius 3 is 2.64 bits per heavy atom. The third-order valence-electron chi connectivity index (χ3n) is 2.36. The number of rotatable bonds is 6. The van der Waals surface area contributed by atoms with Crippen molar-refractivity contribution in [3.05, 3.63) is 35.9 Å². The summed E-state index contributed by atoms with van der Waals surface area (Å²) in [5, 5.41) is 2.97. The van der Waals surface area contributed by atoms with Gasteiger partial charge in [-0.05, 0) is 31.9 Å². The van der Waals surface area contributed by atoms with Gasteiger partial charge < -0.3 is 10.1 Å². The Hall–Kier alpha value is -1.15. The summed E-state index contributed by atoms with van der Waals surface area (Å²) >= 11 is 0. The minimum atomic E-state index is 0.0127. The van der Waals surface area contributed by atoms with Crippen molar-refractivity contribution < 1.29 is 4.79 Å². The maximum absolute atomic E-state index is 10.5. The van der Waals surface area contributed by atoms with Crippen molar-refractivity contribution in [2.45, 2.75) is 25.3 Å². The molecule has 1 atom stereocenters. The molecule has 1 rings (SSSR count). The van der Waals surface area contributed by atoms with Gasteiger partial charge in [-0.15, -0.1) is 0 Å². The van der Waals surface area contributed by atoms with Crippen LogP contribution in [0.5, 0.6) is 0 Å². The predicted molar refractivity (Wildman–Crippen MR) is 58.3 cm³/mol. The minimum absolute atomic E-state index is 0.0127. The van der Waals surface area contributed by atoms with E-state index >= 15 is 0 Å². The van der Waals surface area contributed by atoms with Crippen LogP contribution in [0.25, 0.3) is 0 Å². The van der Waals surface area contributed by atoms with Crippen molar-refractivity contribution in [1.82, 2.24) is 5.32 Å². The normalized spacial score (nSPS) is 12.4. The molecule has 1 unspecified atom stereocenters. The smallest absolute Gasteiger partial charge is 0.136 e. The van der Waals surface area contributed by atoms with Gasteiger partial charge in [-0.3, -0.25) is 0 Å². The number of carbonyl (C=O) groups is 1. The first-order valence-corrected chi connectivity index (χ1v) is 5.03. The third kappa shape index (κ3) is 3.71. The van der Waals surface area contributed by atoms with Crippen LogP contribution in [-0.2, 0) is 11.2 Å². The first-order chi connectivity index (χ1) is 6.86. The van der Waals surface area contributed by atoms with E-state index in [1.807, 2.05) is 25.2 Å². The highest BCUT2D eigenvalue weighted by Crippen LogP contribution is 2.05. The Morgan fingerprint density at radius 2 is 2.07 bits per heavy atom. The van der Waals surface area contributed by atoms with Crippen molar-refractivity contribution in [3.63, 3.8) is 0 Å². The van der Waals surface area contributed by atoms with Crippen LogP contribution in [0.15, 0.2) is 30.3 Å².